The predicted molar refractivity (Wildman–Crippen MR) is 61.6 cm³/mol. The van der Waals surface area contributed by atoms with E-state index in [1.165, 1.54) is 0 Å². The van der Waals surface area contributed by atoms with Crippen LogP contribution in [-0.4, -0.2) is 10.9 Å². The number of benzene rings is 1. The molecule has 0 saturated heterocycles. The van der Waals surface area contributed by atoms with Crippen LogP contribution < -0.4 is 5.73 Å². The quantitative estimate of drug-likeness (QED) is 0.853. The van der Waals surface area contributed by atoms with Crippen LogP contribution in [0.3, 0.4) is 0 Å². The number of carbonyl (C=O) groups excluding carboxylic acids is 1. The minimum atomic E-state index is -0.340. The van der Waals surface area contributed by atoms with E-state index in [9.17, 15) is 4.79 Å². The maximum Gasteiger partial charge on any atom is 0.221 e. The maximum absolute atomic E-state index is 10.5. The van der Waals surface area contributed by atoms with E-state index in [2.05, 4.69) is 4.98 Å². The summed E-state index contributed by atoms with van der Waals surface area (Å²) in [6, 6.07) is 5.68. The molecule has 2 rings (SSSR count). The van der Waals surface area contributed by atoms with Gasteiger partial charge >= 0.3 is 0 Å². The molecule has 0 bridgehead atoms. The average Bonchev–Trinajstić information content (AvgIpc) is 2.56. The van der Waals surface area contributed by atoms with E-state index in [-0.39, 0.29) is 12.3 Å². The van der Waals surface area contributed by atoms with Gasteiger partial charge in [0.05, 0.1) is 0 Å². The van der Waals surface area contributed by atoms with E-state index >= 15 is 0 Å². The standard InChI is InChI=1S/C12H12N2O2/c1-8-14-10-6-5-9(7-11(10)16-8)3-2-4-12(13)15/h2-3,5-7H,4H2,1H3,(H2,13,15). The van der Waals surface area contributed by atoms with Gasteiger partial charge in [-0.1, -0.05) is 18.2 Å². The molecule has 0 atom stereocenters. The molecule has 0 saturated carbocycles. The smallest absolute Gasteiger partial charge is 0.221 e. The highest BCUT2D eigenvalue weighted by atomic mass is 16.3. The van der Waals surface area contributed by atoms with Crippen LogP contribution in [0.25, 0.3) is 17.2 Å². The maximum atomic E-state index is 10.5. The molecule has 1 amide bonds. The minimum Gasteiger partial charge on any atom is -0.441 e. The van der Waals surface area contributed by atoms with Crippen molar-refractivity contribution < 1.29 is 9.21 Å². The SMILES string of the molecule is Cc1nc2ccc(C=CCC(N)=O)cc2o1. The molecule has 0 aliphatic heterocycles. The van der Waals surface area contributed by atoms with Gasteiger partial charge in [0.2, 0.25) is 5.91 Å². The first-order chi connectivity index (χ1) is 7.65. The van der Waals surface area contributed by atoms with Crippen LogP contribution in [0.4, 0.5) is 0 Å². The number of hydrogen-bond acceptors (Lipinski definition) is 3. The molecule has 0 spiro atoms. The first kappa shape index (κ1) is 10.4. The zero-order valence-electron chi connectivity index (χ0n) is 8.93. The molecule has 16 heavy (non-hydrogen) atoms. The van der Waals surface area contributed by atoms with Gasteiger partial charge < -0.3 is 10.2 Å². The number of oxazole rings is 1. The van der Waals surface area contributed by atoms with Crippen molar-refractivity contribution in [3.8, 4) is 0 Å². The first-order valence-electron chi connectivity index (χ1n) is 4.97. The van der Waals surface area contributed by atoms with Crippen molar-refractivity contribution in [2.75, 3.05) is 0 Å². The summed E-state index contributed by atoms with van der Waals surface area (Å²) in [4.78, 5) is 14.7. The monoisotopic (exact) mass is 216 g/mol. The molecule has 1 heterocycles. The molecule has 1 aromatic carbocycles. The van der Waals surface area contributed by atoms with Crippen LogP contribution in [0, 0.1) is 6.92 Å². The number of carbonyl (C=O) groups is 1. The predicted octanol–water partition coefficient (Wildman–Crippen LogP) is 2.02. The second kappa shape index (κ2) is 4.18. The number of amides is 1. The molecular weight excluding hydrogens is 204 g/mol. The number of fused-ring (bicyclic) bond motifs is 1. The summed E-state index contributed by atoms with van der Waals surface area (Å²) in [6.07, 6.45) is 3.81. The Balaban J connectivity index is 2.25. The Kier molecular flexibility index (Phi) is 2.72. The number of primary amides is 1. The number of rotatable bonds is 3. The Morgan fingerprint density at radius 2 is 2.38 bits per heavy atom. The molecule has 0 fully saturated rings. The zero-order chi connectivity index (χ0) is 11.5. The van der Waals surface area contributed by atoms with E-state index in [1.807, 2.05) is 31.2 Å². The Bertz CT molecular complexity index is 555. The Labute approximate surface area is 92.8 Å². The van der Waals surface area contributed by atoms with E-state index in [0.29, 0.717) is 5.89 Å². The highest BCUT2D eigenvalue weighted by molar-refractivity contribution is 5.78. The summed E-state index contributed by atoms with van der Waals surface area (Å²) in [6.45, 7) is 1.81. The van der Waals surface area contributed by atoms with Gasteiger partial charge in [-0.25, -0.2) is 4.98 Å². The zero-order valence-corrected chi connectivity index (χ0v) is 8.93. The molecule has 4 nitrogen and oxygen atoms in total. The van der Waals surface area contributed by atoms with Gasteiger partial charge in [0, 0.05) is 13.3 Å². The molecular formula is C12H12N2O2. The molecule has 2 N–H and O–H groups in total. The summed E-state index contributed by atoms with van der Waals surface area (Å²) in [5, 5.41) is 0. The Morgan fingerprint density at radius 1 is 1.56 bits per heavy atom. The third kappa shape index (κ3) is 2.28. The third-order valence-electron chi connectivity index (χ3n) is 2.15. The minimum absolute atomic E-state index is 0.244. The van der Waals surface area contributed by atoms with Crippen molar-refractivity contribution in [1.82, 2.24) is 4.98 Å². The van der Waals surface area contributed by atoms with E-state index < -0.39 is 0 Å². The third-order valence-corrected chi connectivity index (χ3v) is 2.15. The van der Waals surface area contributed by atoms with Crippen LogP contribution >= 0.6 is 0 Å². The largest absolute Gasteiger partial charge is 0.441 e. The highest BCUT2D eigenvalue weighted by Gasteiger charge is 2.01. The number of hydrogen-bond donors (Lipinski definition) is 1. The number of nitrogens with two attached hydrogens (primary N) is 1. The molecule has 2 aromatic rings. The fourth-order valence-electron chi connectivity index (χ4n) is 1.47. The lowest BCUT2D eigenvalue weighted by Gasteiger charge is -1.92. The van der Waals surface area contributed by atoms with Gasteiger partial charge in [0.25, 0.3) is 0 Å². The summed E-state index contributed by atoms with van der Waals surface area (Å²) >= 11 is 0. The first-order valence-corrected chi connectivity index (χ1v) is 4.97. The Morgan fingerprint density at radius 3 is 3.12 bits per heavy atom. The molecule has 0 unspecified atom stereocenters. The summed E-state index contributed by atoms with van der Waals surface area (Å²) < 4.78 is 5.40. The van der Waals surface area contributed by atoms with Crippen LogP contribution in [0.2, 0.25) is 0 Å². The van der Waals surface area contributed by atoms with Crippen LogP contribution in [-0.2, 0) is 4.79 Å². The van der Waals surface area contributed by atoms with Gasteiger partial charge in [0.1, 0.15) is 5.52 Å². The number of aryl methyl sites for hydroxylation is 1. The van der Waals surface area contributed by atoms with Crippen molar-refractivity contribution in [2.24, 2.45) is 5.73 Å². The summed E-state index contributed by atoms with van der Waals surface area (Å²) in [7, 11) is 0. The number of aromatic nitrogens is 1. The second-order valence-electron chi connectivity index (χ2n) is 3.53. The van der Waals surface area contributed by atoms with E-state index in [4.69, 9.17) is 10.2 Å². The topological polar surface area (TPSA) is 69.1 Å². The number of nitrogens with zero attached hydrogens (tertiary/aromatic N) is 1. The van der Waals surface area contributed by atoms with Gasteiger partial charge in [-0.2, -0.15) is 0 Å². The van der Waals surface area contributed by atoms with E-state index in [0.717, 1.165) is 16.7 Å². The van der Waals surface area contributed by atoms with Crippen molar-refractivity contribution in [2.45, 2.75) is 13.3 Å². The van der Waals surface area contributed by atoms with Crippen LogP contribution in [0.1, 0.15) is 17.9 Å². The molecule has 4 heteroatoms. The summed E-state index contributed by atoms with van der Waals surface area (Å²) in [5.41, 5.74) is 7.58. The van der Waals surface area contributed by atoms with Crippen molar-refractivity contribution >= 4 is 23.1 Å². The lowest BCUT2D eigenvalue weighted by molar-refractivity contribution is -0.117. The van der Waals surface area contributed by atoms with Gasteiger partial charge in [-0.05, 0) is 17.7 Å². The summed E-state index contributed by atoms with van der Waals surface area (Å²) in [5.74, 6) is 0.307. The second-order valence-corrected chi connectivity index (χ2v) is 3.53. The van der Waals surface area contributed by atoms with Crippen molar-refractivity contribution in [3.63, 3.8) is 0 Å². The fraction of sp³-hybridized carbons (Fsp3) is 0.167. The Hall–Kier alpha value is -2.10. The van der Waals surface area contributed by atoms with Crippen molar-refractivity contribution in [3.05, 3.63) is 35.7 Å². The van der Waals surface area contributed by atoms with Crippen LogP contribution in [0.5, 0.6) is 0 Å². The van der Waals surface area contributed by atoms with Crippen molar-refractivity contribution in [1.29, 1.82) is 0 Å². The lowest BCUT2D eigenvalue weighted by Crippen LogP contribution is -2.07. The molecule has 82 valence electrons. The molecule has 1 aromatic heterocycles. The van der Waals surface area contributed by atoms with Gasteiger partial charge in [0.15, 0.2) is 11.5 Å². The average molecular weight is 216 g/mol. The highest BCUT2D eigenvalue weighted by Crippen LogP contribution is 2.17. The lowest BCUT2D eigenvalue weighted by atomic mass is 10.2. The van der Waals surface area contributed by atoms with Crippen LogP contribution in [0.15, 0.2) is 28.7 Å². The van der Waals surface area contributed by atoms with Gasteiger partial charge in [-0.3, -0.25) is 4.79 Å². The molecule has 0 radical (unpaired) electrons. The fourth-order valence-corrected chi connectivity index (χ4v) is 1.47. The molecule has 0 aliphatic rings. The molecule has 0 aliphatic carbocycles. The van der Waals surface area contributed by atoms with Gasteiger partial charge in [-0.15, -0.1) is 0 Å². The normalized spacial score (nSPS) is 11.3. The van der Waals surface area contributed by atoms with E-state index in [1.54, 1.807) is 6.08 Å².